The Balaban J connectivity index is 1.35. The molecule has 0 saturated heterocycles. The van der Waals surface area contributed by atoms with Gasteiger partial charge in [-0.1, -0.05) is 23.5 Å². The number of nitrogens with zero attached hydrogens (tertiary/aromatic N) is 1. The number of fused-ring (bicyclic) bond motifs is 1. The Morgan fingerprint density at radius 1 is 1.23 bits per heavy atom. The molecule has 4 N–H and O–H groups in total. The van der Waals surface area contributed by atoms with Crippen LogP contribution in [-0.4, -0.2) is 23.5 Å². The van der Waals surface area contributed by atoms with Crippen LogP contribution in [0.5, 0.6) is 0 Å². The number of hydrogen-bond donors (Lipinski definition) is 3. The molecule has 0 bridgehead atoms. The summed E-state index contributed by atoms with van der Waals surface area (Å²) in [6, 6.07) is 8.13. The fourth-order valence-corrected chi connectivity index (χ4v) is 4.20. The number of halogens is 4. The fourth-order valence-electron chi connectivity index (χ4n) is 3.38. The molecule has 1 aliphatic rings. The van der Waals surface area contributed by atoms with E-state index in [0.29, 0.717) is 23.7 Å². The molecule has 2 heterocycles. The lowest BCUT2D eigenvalue weighted by atomic mass is 10.0. The zero-order valence-electron chi connectivity index (χ0n) is 16.1. The van der Waals surface area contributed by atoms with Gasteiger partial charge in [0, 0.05) is 24.5 Å². The van der Waals surface area contributed by atoms with Crippen LogP contribution >= 0.6 is 11.3 Å². The molecule has 5 nitrogen and oxygen atoms in total. The summed E-state index contributed by atoms with van der Waals surface area (Å²) in [5, 5.41) is 6.54. The molecule has 1 amide bonds. The molecule has 10 heteroatoms. The van der Waals surface area contributed by atoms with Crippen molar-refractivity contribution in [1.29, 1.82) is 0 Å². The number of anilines is 2. The van der Waals surface area contributed by atoms with Crippen molar-refractivity contribution in [2.75, 3.05) is 17.2 Å². The van der Waals surface area contributed by atoms with Gasteiger partial charge in [0.25, 0.3) is 0 Å². The number of nitrogens with two attached hydrogens (primary N) is 1. The molecule has 4 rings (SSSR count). The average molecular weight is 450 g/mol. The van der Waals surface area contributed by atoms with E-state index in [4.69, 9.17) is 5.73 Å². The van der Waals surface area contributed by atoms with Gasteiger partial charge in [-0.15, -0.1) is 0 Å². The zero-order chi connectivity index (χ0) is 22.2. The van der Waals surface area contributed by atoms with E-state index in [0.717, 1.165) is 33.8 Å². The predicted octanol–water partition coefficient (Wildman–Crippen LogP) is 4.44. The molecule has 0 unspecified atom stereocenters. The number of benzene rings is 2. The quantitative estimate of drug-likeness (QED) is 0.485. The summed E-state index contributed by atoms with van der Waals surface area (Å²) >= 11 is 1.42. The van der Waals surface area contributed by atoms with Crippen molar-refractivity contribution in [3.63, 3.8) is 0 Å². The molecule has 162 valence electrons. The topological polar surface area (TPSA) is 80.0 Å². The average Bonchev–Trinajstić information content (AvgIpc) is 3.30. The van der Waals surface area contributed by atoms with Crippen molar-refractivity contribution in [2.45, 2.75) is 25.1 Å². The normalized spacial score (nSPS) is 14.3. The third-order valence-electron chi connectivity index (χ3n) is 4.87. The van der Waals surface area contributed by atoms with E-state index in [9.17, 15) is 22.4 Å². The third-order valence-corrected chi connectivity index (χ3v) is 5.88. The molecule has 31 heavy (non-hydrogen) atoms. The largest absolute Gasteiger partial charge is 0.419 e. The van der Waals surface area contributed by atoms with Gasteiger partial charge in [-0.3, -0.25) is 4.79 Å². The molecule has 0 saturated carbocycles. The molecule has 2 aromatic carbocycles. The van der Waals surface area contributed by atoms with E-state index >= 15 is 0 Å². The van der Waals surface area contributed by atoms with Gasteiger partial charge in [0.05, 0.1) is 16.9 Å². The highest BCUT2D eigenvalue weighted by molar-refractivity contribution is 7.18. The number of thiazole rings is 1. The van der Waals surface area contributed by atoms with Crippen LogP contribution in [0.3, 0.4) is 0 Å². The monoisotopic (exact) mass is 450 g/mol. The lowest BCUT2D eigenvalue weighted by Crippen LogP contribution is -2.31. The number of hydrogen-bond acceptors (Lipinski definition) is 5. The minimum atomic E-state index is -4.72. The van der Waals surface area contributed by atoms with E-state index < -0.39 is 23.6 Å². The van der Waals surface area contributed by atoms with Gasteiger partial charge in [0.15, 0.2) is 5.13 Å². The minimum absolute atomic E-state index is 0.0271. The maximum absolute atomic E-state index is 13.7. The van der Waals surface area contributed by atoms with E-state index in [-0.39, 0.29) is 12.3 Å². The molecule has 0 radical (unpaired) electrons. The van der Waals surface area contributed by atoms with E-state index in [1.807, 2.05) is 18.2 Å². The van der Waals surface area contributed by atoms with Crippen molar-refractivity contribution >= 4 is 28.1 Å². The van der Waals surface area contributed by atoms with E-state index in [1.54, 1.807) is 6.20 Å². The molecule has 3 aromatic rings. The van der Waals surface area contributed by atoms with Gasteiger partial charge in [0.1, 0.15) is 5.82 Å². The van der Waals surface area contributed by atoms with Gasteiger partial charge >= 0.3 is 6.18 Å². The molecule has 0 spiro atoms. The Bertz CT molecular complexity index is 1130. The second-order valence-corrected chi connectivity index (χ2v) is 8.31. The zero-order valence-corrected chi connectivity index (χ0v) is 16.9. The van der Waals surface area contributed by atoms with Crippen LogP contribution in [0, 0.1) is 5.82 Å². The van der Waals surface area contributed by atoms with Crippen LogP contribution in [0.15, 0.2) is 42.6 Å². The van der Waals surface area contributed by atoms with Gasteiger partial charge in [-0.2, -0.15) is 13.2 Å². The molecule has 0 fully saturated rings. The highest BCUT2D eigenvalue weighted by atomic mass is 32.1. The number of nitrogens with one attached hydrogen (secondary N) is 2. The Morgan fingerprint density at radius 2 is 2.03 bits per heavy atom. The number of rotatable bonds is 6. The highest BCUT2D eigenvalue weighted by Crippen LogP contribution is 2.34. The number of aromatic nitrogens is 1. The first-order valence-corrected chi connectivity index (χ1v) is 10.2. The van der Waals surface area contributed by atoms with Crippen LogP contribution < -0.4 is 16.4 Å². The van der Waals surface area contributed by atoms with Crippen molar-refractivity contribution in [3.8, 4) is 10.4 Å². The summed E-state index contributed by atoms with van der Waals surface area (Å²) < 4.78 is 51.7. The van der Waals surface area contributed by atoms with Crippen molar-refractivity contribution in [1.82, 2.24) is 4.98 Å². The SMILES string of the molecule is N[C@@H](CNc1ncc(-c2ccc3c(c2)CC(=O)N3)s1)Cc1ccc(C(F)(F)F)c(F)c1. The first kappa shape index (κ1) is 21.3. The molecular formula is C21H18F4N4OS. The van der Waals surface area contributed by atoms with Crippen LogP contribution in [-0.2, 0) is 23.8 Å². The van der Waals surface area contributed by atoms with Crippen LogP contribution in [0.4, 0.5) is 28.4 Å². The Hall–Kier alpha value is -2.98. The fraction of sp³-hybridized carbons (Fsp3) is 0.238. The standard InChI is InChI=1S/C21H18F4N4OS/c22-16-6-11(1-3-15(16)21(23,24)25)5-14(26)9-27-20-28-10-18(31-20)12-2-4-17-13(7-12)8-19(30)29-17/h1-4,6-7,10,14H,5,8-9,26H2,(H,27,28)(H,29,30)/t14-/m1/s1. The summed E-state index contributed by atoms with van der Waals surface area (Å²) in [5.41, 5.74) is 7.87. The maximum Gasteiger partial charge on any atom is 0.419 e. The van der Waals surface area contributed by atoms with Crippen molar-refractivity contribution < 1.29 is 22.4 Å². The summed E-state index contributed by atoms with van der Waals surface area (Å²) in [4.78, 5) is 16.7. The lowest BCUT2D eigenvalue weighted by Gasteiger charge is -2.14. The Labute approximate surface area is 179 Å². The summed E-state index contributed by atoms with van der Waals surface area (Å²) in [6.45, 7) is 0.318. The molecule has 0 aliphatic carbocycles. The highest BCUT2D eigenvalue weighted by Gasteiger charge is 2.33. The summed E-state index contributed by atoms with van der Waals surface area (Å²) in [5.74, 6) is -1.33. The lowest BCUT2D eigenvalue weighted by molar-refractivity contribution is -0.140. The van der Waals surface area contributed by atoms with Gasteiger partial charge in [0.2, 0.25) is 5.91 Å². The van der Waals surface area contributed by atoms with Crippen molar-refractivity contribution in [2.24, 2.45) is 5.73 Å². The first-order chi connectivity index (χ1) is 14.7. The number of amides is 1. The Kier molecular flexibility index (Phi) is 5.67. The molecule has 1 aromatic heterocycles. The van der Waals surface area contributed by atoms with Crippen LogP contribution in [0.25, 0.3) is 10.4 Å². The molecular weight excluding hydrogens is 432 g/mol. The first-order valence-electron chi connectivity index (χ1n) is 9.43. The predicted molar refractivity (Wildman–Crippen MR) is 111 cm³/mol. The van der Waals surface area contributed by atoms with Gasteiger partial charge in [-0.25, -0.2) is 9.37 Å². The smallest absolute Gasteiger partial charge is 0.360 e. The van der Waals surface area contributed by atoms with Crippen molar-refractivity contribution in [3.05, 3.63) is 65.1 Å². The third kappa shape index (κ3) is 4.86. The number of carbonyl (C=O) groups excluding carboxylic acids is 1. The summed E-state index contributed by atoms with van der Waals surface area (Å²) in [6.07, 6.45) is -2.44. The van der Waals surface area contributed by atoms with Gasteiger partial charge < -0.3 is 16.4 Å². The van der Waals surface area contributed by atoms with Crippen LogP contribution in [0.2, 0.25) is 0 Å². The molecule has 1 atom stereocenters. The van der Waals surface area contributed by atoms with E-state index in [1.165, 1.54) is 17.4 Å². The molecule has 1 aliphatic heterocycles. The second kappa shape index (κ2) is 8.27. The second-order valence-electron chi connectivity index (χ2n) is 7.28. The maximum atomic E-state index is 13.7. The van der Waals surface area contributed by atoms with Gasteiger partial charge in [-0.05, 0) is 47.4 Å². The minimum Gasteiger partial charge on any atom is -0.360 e. The summed E-state index contributed by atoms with van der Waals surface area (Å²) in [7, 11) is 0. The van der Waals surface area contributed by atoms with Crippen LogP contribution in [0.1, 0.15) is 16.7 Å². The van der Waals surface area contributed by atoms with E-state index in [2.05, 4.69) is 15.6 Å². The number of carbonyl (C=O) groups is 1. The Morgan fingerprint density at radius 3 is 2.77 bits per heavy atom. The number of alkyl halides is 3.